The van der Waals surface area contributed by atoms with E-state index in [2.05, 4.69) is 6.58 Å². The summed E-state index contributed by atoms with van der Waals surface area (Å²) < 4.78 is 10.2. The van der Waals surface area contributed by atoms with E-state index in [-0.39, 0.29) is 17.4 Å². The first-order valence-corrected chi connectivity index (χ1v) is 8.00. The molecule has 0 saturated heterocycles. The van der Waals surface area contributed by atoms with Crippen LogP contribution < -0.4 is 0 Å². The molecule has 4 nitrogen and oxygen atoms in total. The SMILES string of the molecule is C=C(C(=O)OC)C12CC1CC(C(=O)OCC)(c1ccccc1)C2. The molecule has 2 aliphatic carbocycles. The topological polar surface area (TPSA) is 52.6 Å². The van der Waals surface area contributed by atoms with Crippen molar-refractivity contribution >= 4 is 11.9 Å². The van der Waals surface area contributed by atoms with Gasteiger partial charge in [-0.05, 0) is 37.7 Å². The Kier molecular flexibility index (Phi) is 3.78. The van der Waals surface area contributed by atoms with Crippen molar-refractivity contribution in [3.05, 3.63) is 48.0 Å². The van der Waals surface area contributed by atoms with Crippen LogP contribution in [0.4, 0.5) is 0 Å². The van der Waals surface area contributed by atoms with Crippen molar-refractivity contribution in [1.82, 2.24) is 0 Å². The number of hydrogen-bond acceptors (Lipinski definition) is 4. The van der Waals surface area contributed by atoms with Crippen molar-refractivity contribution in [1.29, 1.82) is 0 Å². The van der Waals surface area contributed by atoms with E-state index in [1.807, 2.05) is 37.3 Å². The minimum atomic E-state index is -0.683. The first-order chi connectivity index (χ1) is 11.0. The standard InChI is InChI=1S/C19H22O4/c1-4-23-17(21)19(14-8-6-5-7-9-14)11-15-10-18(15,12-19)13(2)16(20)22-3/h5-9,15H,2,4,10-12H2,1,3H3. The molecular weight excluding hydrogens is 292 g/mol. The molecule has 0 radical (unpaired) electrons. The highest BCUT2D eigenvalue weighted by Gasteiger charge is 2.70. The molecule has 0 amide bonds. The first kappa shape index (κ1) is 15.8. The summed E-state index contributed by atoms with van der Waals surface area (Å²) in [5.74, 6) is -0.283. The molecule has 0 heterocycles. The summed E-state index contributed by atoms with van der Waals surface area (Å²) in [7, 11) is 1.37. The number of carbonyl (C=O) groups excluding carboxylic acids is 2. The molecule has 3 unspecified atom stereocenters. The van der Waals surface area contributed by atoms with E-state index in [1.165, 1.54) is 7.11 Å². The lowest BCUT2D eigenvalue weighted by atomic mass is 9.74. The third-order valence-corrected chi connectivity index (χ3v) is 5.47. The normalized spacial score (nSPS) is 31.1. The summed E-state index contributed by atoms with van der Waals surface area (Å²) in [6, 6.07) is 9.73. The van der Waals surface area contributed by atoms with Crippen LogP contribution >= 0.6 is 0 Å². The Labute approximate surface area is 136 Å². The molecule has 0 bridgehead atoms. The van der Waals surface area contributed by atoms with E-state index >= 15 is 0 Å². The van der Waals surface area contributed by atoms with Gasteiger partial charge in [0.25, 0.3) is 0 Å². The second-order valence-corrected chi connectivity index (χ2v) is 6.58. The lowest BCUT2D eigenvalue weighted by Gasteiger charge is -2.30. The van der Waals surface area contributed by atoms with Crippen molar-refractivity contribution in [3.8, 4) is 0 Å². The average Bonchev–Trinajstić information content (AvgIpc) is 3.16. The molecule has 1 aromatic rings. The van der Waals surface area contributed by atoms with Gasteiger partial charge in [0.05, 0.1) is 19.1 Å². The van der Waals surface area contributed by atoms with Crippen LogP contribution in [0.15, 0.2) is 42.5 Å². The molecule has 0 N–H and O–H groups in total. The zero-order chi connectivity index (χ0) is 16.7. The van der Waals surface area contributed by atoms with Gasteiger partial charge in [0.2, 0.25) is 0 Å². The molecule has 4 heteroatoms. The Morgan fingerprint density at radius 2 is 1.96 bits per heavy atom. The Morgan fingerprint density at radius 1 is 1.26 bits per heavy atom. The quantitative estimate of drug-likeness (QED) is 0.619. The fraction of sp³-hybridized carbons (Fsp3) is 0.474. The van der Waals surface area contributed by atoms with Gasteiger partial charge in [-0.2, -0.15) is 0 Å². The number of hydrogen-bond donors (Lipinski definition) is 0. The second kappa shape index (κ2) is 5.52. The molecule has 3 rings (SSSR count). The van der Waals surface area contributed by atoms with E-state index in [4.69, 9.17) is 9.47 Å². The minimum absolute atomic E-state index is 0.199. The van der Waals surface area contributed by atoms with Crippen molar-refractivity contribution in [2.75, 3.05) is 13.7 Å². The summed E-state index contributed by atoms with van der Waals surface area (Å²) in [5, 5.41) is 0. The van der Waals surface area contributed by atoms with Gasteiger partial charge < -0.3 is 9.47 Å². The maximum absolute atomic E-state index is 12.8. The van der Waals surface area contributed by atoms with Gasteiger partial charge in [-0.3, -0.25) is 4.79 Å². The van der Waals surface area contributed by atoms with E-state index in [9.17, 15) is 9.59 Å². The Bertz CT molecular complexity index is 651. The van der Waals surface area contributed by atoms with Crippen molar-refractivity contribution in [2.45, 2.75) is 31.6 Å². The number of esters is 2. The third-order valence-electron chi connectivity index (χ3n) is 5.47. The van der Waals surface area contributed by atoms with Gasteiger partial charge in [-0.25, -0.2) is 4.79 Å². The number of rotatable bonds is 5. The Morgan fingerprint density at radius 3 is 2.57 bits per heavy atom. The second-order valence-electron chi connectivity index (χ2n) is 6.58. The zero-order valence-electron chi connectivity index (χ0n) is 13.6. The van der Waals surface area contributed by atoms with Crippen molar-refractivity contribution in [2.24, 2.45) is 11.3 Å². The van der Waals surface area contributed by atoms with Gasteiger partial charge in [0.1, 0.15) is 0 Å². The largest absolute Gasteiger partial charge is 0.466 e. The maximum Gasteiger partial charge on any atom is 0.333 e. The summed E-state index contributed by atoms with van der Waals surface area (Å²) in [5.41, 5.74) is 0.460. The van der Waals surface area contributed by atoms with Crippen molar-refractivity contribution < 1.29 is 19.1 Å². The van der Waals surface area contributed by atoms with Gasteiger partial charge in [0, 0.05) is 11.0 Å². The summed E-state index contributed by atoms with van der Waals surface area (Å²) in [6.07, 6.45) is 2.17. The number of ether oxygens (including phenoxy) is 2. The van der Waals surface area contributed by atoms with Crippen LogP contribution in [0.2, 0.25) is 0 Å². The molecule has 2 saturated carbocycles. The highest BCUT2D eigenvalue weighted by Crippen LogP contribution is 2.72. The van der Waals surface area contributed by atoms with Crippen LogP contribution in [-0.4, -0.2) is 25.7 Å². The van der Waals surface area contributed by atoms with Crippen LogP contribution in [0.3, 0.4) is 0 Å². The fourth-order valence-corrected chi connectivity index (χ4v) is 4.22. The monoisotopic (exact) mass is 314 g/mol. The zero-order valence-corrected chi connectivity index (χ0v) is 13.6. The molecule has 0 spiro atoms. The van der Waals surface area contributed by atoms with Crippen LogP contribution in [0.1, 0.15) is 31.7 Å². The molecule has 1 aromatic carbocycles. The van der Waals surface area contributed by atoms with Gasteiger partial charge in [0.15, 0.2) is 0 Å². The predicted molar refractivity (Wildman–Crippen MR) is 85.7 cm³/mol. The number of benzene rings is 1. The lowest BCUT2D eigenvalue weighted by Crippen LogP contribution is -2.37. The van der Waals surface area contributed by atoms with E-state index < -0.39 is 5.41 Å². The minimum Gasteiger partial charge on any atom is -0.466 e. The Hall–Kier alpha value is -2.10. The molecule has 23 heavy (non-hydrogen) atoms. The molecule has 0 aliphatic heterocycles. The highest BCUT2D eigenvalue weighted by molar-refractivity contribution is 5.92. The summed E-state index contributed by atoms with van der Waals surface area (Å²) in [6.45, 7) is 6.12. The van der Waals surface area contributed by atoms with Gasteiger partial charge in [-0.15, -0.1) is 0 Å². The number of carbonyl (C=O) groups is 2. The summed E-state index contributed by atoms with van der Waals surface area (Å²) >= 11 is 0. The van der Waals surface area contributed by atoms with Gasteiger partial charge >= 0.3 is 11.9 Å². The fourth-order valence-electron chi connectivity index (χ4n) is 4.22. The predicted octanol–water partition coefficient (Wildman–Crippen LogP) is 3.02. The molecule has 3 atom stereocenters. The van der Waals surface area contributed by atoms with E-state index in [0.29, 0.717) is 30.9 Å². The highest BCUT2D eigenvalue weighted by atomic mass is 16.5. The van der Waals surface area contributed by atoms with Crippen LogP contribution in [-0.2, 0) is 24.5 Å². The summed E-state index contributed by atoms with van der Waals surface area (Å²) in [4.78, 5) is 24.7. The smallest absolute Gasteiger partial charge is 0.333 e. The third kappa shape index (κ3) is 2.28. The van der Waals surface area contributed by atoms with Gasteiger partial charge in [-0.1, -0.05) is 36.9 Å². The van der Waals surface area contributed by atoms with Crippen LogP contribution in [0.5, 0.6) is 0 Å². The van der Waals surface area contributed by atoms with Crippen LogP contribution in [0, 0.1) is 11.3 Å². The number of fused-ring (bicyclic) bond motifs is 1. The Balaban J connectivity index is 1.97. The van der Waals surface area contributed by atoms with Crippen molar-refractivity contribution in [3.63, 3.8) is 0 Å². The average molecular weight is 314 g/mol. The lowest BCUT2D eigenvalue weighted by molar-refractivity contribution is -0.151. The van der Waals surface area contributed by atoms with E-state index in [1.54, 1.807) is 0 Å². The molecule has 0 aromatic heterocycles. The first-order valence-electron chi connectivity index (χ1n) is 8.00. The van der Waals surface area contributed by atoms with E-state index in [0.717, 1.165) is 12.0 Å². The number of methoxy groups -OCH3 is 1. The molecule has 2 fully saturated rings. The van der Waals surface area contributed by atoms with Crippen LogP contribution in [0.25, 0.3) is 0 Å². The molecule has 122 valence electrons. The molecular formula is C19H22O4. The molecule has 2 aliphatic rings. The maximum atomic E-state index is 12.8.